The highest BCUT2D eigenvalue weighted by Crippen LogP contribution is 2.34. The molecule has 10 heteroatoms. The molecular weight excluding hydrogens is 440 g/mol. The lowest BCUT2D eigenvalue weighted by molar-refractivity contribution is -0.386. The Labute approximate surface area is 147 Å². The fourth-order valence-electron chi connectivity index (χ4n) is 1.49. The Hall–Kier alpha value is -2.20. The van der Waals surface area contributed by atoms with Crippen LogP contribution in [0, 0.1) is 20.2 Å². The molecule has 8 nitrogen and oxygen atoms in total. The van der Waals surface area contributed by atoms with Crippen molar-refractivity contribution in [1.82, 2.24) is 0 Å². The summed E-state index contributed by atoms with van der Waals surface area (Å²) in [6, 6.07) is 8.92. The van der Waals surface area contributed by atoms with E-state index in [1.807, 2.05) is 0 Å². The number of aromatic hydroxyl groups is 1. The molecule has 0 radical (unpaired) electrons. The molecule has 0 bridgehead atoms. The van der Waals surface area contributed by atoms with Crippen LogP contribution in [0.1, 0.15) is 0 Å². The van der Waals surface area contributed by atoms with Crippen molar-refractivity contribution in [3.05, 3.63) is 65.6 Å². The van der Waals surface area contributed by atoms with Gasteiger partial charge in [0.15, 0.2) is 0 Å². The topological polar surface area (TPSA) is 116 Å². The number of phenolic OH excluding ortho intramolecular Hbond substituents is 1. The van der Waals surface area contributed by atoms with Crippen molar-refractivity contribution >= 4 is 43.2 Å². The van der Waals surface area contributed by atoms with Crippen molar-refractivity contribution in [3.63, 3.8) is 0 Å². The molecule has 0 aliphatic carbocycles. The number of benzene rings is 2. The predicted octanol–water partition coefficient (Wildman–Crippen LogP) is 4.43. The Morgan fingerprint density at radius 3 is 1.83 bits per heavy atom. The van der Waals surface area contributed by atoms with Crippen molar-refractivity contribution in [2.45, 2.75) is 0 Å². The molecule has 0 amide bonds. The standard InChI is InChI=1S/C7H6BrNO3.C6H4BrNO3/c1-12-7-5(8)3-2-4-6(7)9(10)11;7-4-2-1-3-5(6(4)9)8(10)11/h2-4H,1H3;1-3,9H. The smallest absolute Gasteiger partial charge is 0.312 e. The fourth-order valence-corrected chi connectivity index (χ4v) is 2.37. The van der Waals surface area contributed by atoms with Crippen molar-refractivity contribution in [2.24, 2.45) is 0 Å². The van der Waals surface area contributed by atoms with Crippen LogP contribution in [-0.4, -0.2) is 22.1 Å². The molecule has 0 aliphatic rings. The number of hydrogen-bond donors (Lipinski definition) is 1. The zero-order valence-electron chi connectivity index (χ0n) is 11.6. The number of rotatable bonds is 3. The van der Waals surface area contributed by atoms with Crippen LogP contribution in [0.15, 0.2) is 45.3 Å². The number of ether oxygens (including phenoxy) is 1. The third-order valence-corrected chi connectivity index (χ3v) is 3.77. The molecule has 0 heterocycles. The Bertz CT molecular complexity index is 738. The number of nitrogens with zero attached hydrogens (tertiary/aromatic N) is 2. The van der Waals surface area contributed by atoms with Gasteiger partial charge in [-0.25, -0.2) is 0 Å². The highest BCUT2D eigenvalue weighted by Gasteiger charge is 2.16. The molecule has 0 aromatic heterocycles. The first kappa shape index (κ1) is 18.8. The predicted molar refractivity (Wildman–Crippen MR) is 89.8 cm³/mol. The first-order chi connectivity index (χ1) is 10.8. The van der Waals surface area contributed by atoms with E-state index in [1.54, 1.807) is 12.1 Å². The van der Waals surface area contributed by atoms with Crippen LogP contribution in [0.5, 0.6) is 11.5 Å². The van der Waals surface area contributed by atoms with Crippen LogP contribution >= 0.6 is 31.9 Å². The van der Waals surface area contributed by atoms with Gasteiger partial charge in [-0.15, -0.1) is 0 Å². The maximum absolute atomic E-state index is 10.4. The van der Waals surface area contributed by atoms with Gasteiger partial charge in [-0.1, -0.05) is 12.1 Å². The summed E-state index contributed by atoms with van der Waals surface area (Å²) in [5.41, 5.74) is -0.328. The summed E-state index contributed by atoms with van der Waals surface area (Å²) in [6.07, 6.45) is 0. The lowest BCUT2D eigenvalue weighted by Gasteiger charge is -2.02. The van der Waals surface area contributed by atoms with E-state index >= 15 is 0 Å². The summed E-state index contributed by atoms with van der Waals surface area (Å²) in [4.78, 5) is 19.5. The Morgan fingerprint density at radius 2 is 1.43 bits per heavy atom. The summed E-state index contributed by atoms with van der Waals surface area (Å²) in [5.74, 6) is -0.0833. The van der Waals surface area contributed by atoms with Gasteiger partial charge in [0.1, 0.15) is 0 Å². The van der Waals surface area contributed by atoms with Gasteiger partial charge < -0.3 is 9.84 Å². The Balaban J connectivity index is 0.000000231. The van der Waals surface area contributed by atoms with Gasteiger partial charge in [-0.3, -0.25) is 20.2 Å². The van der Waals surface area contributed by atoms with Crippen LogP contribution in [0.3, 0.4) is 0 Å². The molecular formula is C13H10Br2N2O6. The molecule has 0 saturated carbocycles. The quantitative estimate of drug-likeness (QED) is 0.547. The lowest BCUT2D eigenvalue weighted by Crippen LogP contribution is -1.93. The van der Waals surface area contributed by atoms with Gasteiger partial charge in [0, 0.05) is 12.1 Å². The monoisotopic (exact) mass is 448 g/mol. The highest BCUT2D eigenvalue weighted by molar-refractivity contribution is 9.10. The minimum Gasteiger partial charge on any atom is -0.501 e. The van der Waals surface area contributed by atoms with Gasteiger partial charge in [-0.2, -0.15) is 0 Å². The zero-order valence-corrected chi connectivity index (χ0v) is 14.8. The SMILES string of the molecule is COc1c(Br)cccc1[N+](=O)[O-].O=[N+]([O-])c1cccc(Br)c1O. The number of methoxy groups -OCH3 is 1. The lowest BCUT2D eigenvalue weighted by atomic mass is 10.3. The van der Waals surface area contributed by atoms with Gasteiger partial charge in [0.2, 0.25) is 11.5 Å². The molecule has 2 rings (SSSR count). The fraction of sp³-hybridized carbons (Fsp3) is 0.0769. The molecule has 0 aliphatic heterocycles. The van der Waals surface area contributed by atoms with Gasteiger partial charge >= 0.3 is 11.4 Å². The number of halogens is 2. The average molecular weight is 450 g/mol. The van der Waals surface area contributed by atoms with Gasteiger partial charge in [0.25, 0.3) is 0 Å². The second kappa shape index (κ2) is 8.44. The van der Waals surface area contributed by atoms with E-state index in [-0.39, 0.29) is 22.9 Å². The highest BCUT2D eigenvalue weighted by atomic mass is 79.9. The van der Waals surface area contributed by atoms with E-state index in [9.17, 15) is 20.2 Å². The van der Waals surface area contributed by atoms with Gasteiger partial charge in [0.05, 0.1) is 25.9 Å². The number of para-hydroxylation sites is 2. The minimum atomic E-state index is -0.639. The van der Waals surface area contributed by atoms with Crippen LogP contribution in [0.25, 0.3) is 0 Å². The molecule has 23 heavy (non-hydrogen) atoms. The molecule has 2 aromatic rings. The normalized spacial score (nSPS) is 9.52. The third-order valence-electron chi connectivity index (χ3n) is 2.51. The van der Waals surface area contributed by atoms with Crippen LogP contribution in [0.4, 0.5) is 11.4 Å². The summed E-state index contributed by atoms with van der Waals surface area (Å²) >= 11 is 6.11. The van der Waals surface area contributed by atoms with Crippen LogP contribution < -0.4 is 4.74 Å². The summed E-state index contributed by atoms with van der Waals surface area (Å²) in [6.45, 7) is 0. The summed E-state index contributed by atoms with van der Waals surface area (Å²) < 4.78 is 5.76. The number of nitro benzene ring substituents is 2. The maximum Gasteiger partial charge on any atom is 0.312 e. The molecule has 0 fully saturated rings. The van der Waals surface area contributed by atoms with E-state index in [0.29, 0.717) is 8.95 Å². The van der Waals surface area contributed by atoms with Crippen molar-refractivity contribution in [2.75, 3.05) is 7.11 Å². The van der Waals surface area contributed by atoms with Crippen molar-refractivity contribution in [3.8, 4) is 11.5 Å². The van der Waals surface area contributed by atoms with Crippen LogP contribution in [-0.2, 0) is 0 Å². The van der Waals surface area contributed by atoms with E-state index < -0.39 is 9.85 Å². The Morgan fingerprint density at radius 1 is 0.957 bits per heavy atom. The van der Waals surface area contributed by atoms with Gasteiger partial charge in [-0.05, 0) is 44.0 Å². The van der Waals surface area contributed by atoms with Crippen molar-refractivity contribution < 1.29 is 19.7 Å². The first-order valence-corrected chi connectivity index (χ1v) is 7.47. The molecule has 0 saturated heterocycles. The number of phenols is 1. The van der Waals surface area contributed by atoms with Crippen LogP contribution in [0.2, 0.25) is 0 Å². The Kier molecular flexibility index (Phi) is 6.91. The van der Waals surface area contributed by atoms with E-state index in [0.717, 1.165) is 0 Å². The minimum absolute atomic E-state index is 0.0353. The second-order valence-corrected chi connectivity index (χ2v) is 5.62. The molecule has 0 atom stereocenters. The number of hydrogen-bond acceptors (Lipinski definition) is 6. The molecule has 0 unspecified atom stereocenters. The molecule has 0 spiro atoms. The summed E-state index contributed by atoms with van der Waals surface area (Å²) in [5, 5.41) is 29.7. The first-order valence-electron chi connectivity index (χ1n) is 5.88. The largest absolute Gasteiger partial charge is 0.501 e. The average Bonchev–Trinajstić information content (AvgIpc) is 2.50. The molecule has 2 aromatic carbocycles. The van der Waals surface area contributed by atoms with Crippen molar-refractivity contribution in [1.29, 1.82) is 0 Å². The molecule has 1 N–H and O–H groups in total. The number of nitro groups is 2. The second-order valence-electron chi connectivity index (χ2n) is 3.91. The molecule has 122 valence electrons. The zero-order chi connectivity index (χ0) is 17.6. The van der Waals surface area contributed by atoms with E-state index in [1.165, 1.54) is 31.4 Å². The van der Waals surface area contributed by atoms with E-state index in [4.69, 9.17) is 9.84 Å². The third kappa shape index (κ3) is 4.89. The maximum atomic E-state index is 10.4. The van der Waals surface area contributed by atoms with E-state index in [2.05, 4.69) is 31.9 Å². The summed E-state index contributed by atoms with van der Waals surface area (Å²) in [7, 11) is 1.40.